The lowest BCUT2D eigenvalue weighted by molar-refractivity contribution is -0.139. The first-order valence-corrected chi connectivity index (χ1v) is 10.9. The Morgan fingerprint density at radius 1 is 1.18 bits per heavy atom. The molecule has 9 nitrogen and oxygen atoms in total. The third kappa shape index (κ3) is 4.78. The Hall–Kier alpha value is -3.59. The van der Waals surface area contributed by atoms with Gasteiger partial charge in [0, 0.05) is 43.3 Å². The summed E-state index contributed by atoms with van der Waals surface area (Å²) in [5.41, 5.74) is 2.92. The lowest BCUT2D eigenvalue weighted by atomic mass is 10.0. The maximum atomic E-state index is 12.9. The van der Waals surface area contributed by atoms with Gasteiger partial charge in [-0.05, 0) is 32.0 Å². The Bertz CT molecular complexity index is 1270. The van der Waals surface area contributed by atoms with Crippen LogP contribution in [0.2, 0.25) is 0 Å². The molecule has 1 N–H and O–H groups in total. The number of rotatable bonds is 5. The second kappa shape index (κ2) is 9.50. The Labute approximate surface area is 191 Å². The highest BCUT2D eigenvalue weighted by molar-refractivity contribution is 6.06. The molecule has 0 spiro atoms. The highest BCUT2D eigenvalue weighted by atomic mass is 16.5. The predicted octanol–water partition coefficient (Wildman–Crippen LogP) is 1.76. The van der Waals surface area contributed by atoms with E-state index in [9.17, 15) is 14.4 Å². The van der Waals surface area contributed by atoms with E-state index >= 15 is 0 Å². The van der Waals surface area contributed by atoms with E-state index in [0.29, 0.717) is 42.2 Å². The normalized spacial score (nSPS) is 16.1. The Balaban J connectivity index is 1.52. The molecule has 9 heteroatoms. The van der Waals surface area contributed by atoms with Gasteiger partial charge in [-0.15, -0.1) is 0 Å². The van der Waals surface area contributed by atoms with E-state index in [2.05, 4.69) is 10.3 Å². The minimum Gasteiger partial charge on any atom is -0.368 e. The van der Waals surface area contributed by atoms with Crippen LogP contribution in [0.3, 0.4) is 0 Å². The number of nitrogens with one attached hydrogen (secondary N) is 1. The third-order valence-corrected chi connectivity index (χ3v) is 5.85. The van der Waals surface area contributed by atoms with Crippen LogP contribution < -0.4 is 11.0 Å². The summed E-state index contributed by atoms with van der Waals surface area (Å²) >= 11 is 0. The summed E-state index contributed by atoms with van der Waals surface area (Å²) in [6.45, 7) is 5.04. The minimum absolute atomic E-state index is 0.0671. The van der Waals surface area contributed by atoms with Crippen molar-refractivity contribution in [1.29, 1.82) is 0 Å². The number of carbonyl (C=O) groups is 2. The number of hydrogen-bond donors (Lipinski definition) is 1. The quantitative estimate of drug-likeness (QED) is 0.636. The lowest BCUT2D eigenvalue weighted by Gasteiger charge is -2.33. The van der Waals surface area contributed by atoms with Crippen LogP contribution in [0, 0.1) is 13.8 Å². The molecular weight excluding hydrogens is 422 g/mol. The van der Waals surface area contributed by atoms with Gasteiger partial charge in [0.05, 0.1) is 29.9 Å². The maximum Gasteiger partial charge on any atom is 0.347 e. The zero-order valence-electron chi connectivity index (χ0n) is 19.0. The number of benzene rings is 1. The third-order valence-electron chi connectivity index (χ3n) is 5.85. The summed E-state index contributed by atoms with van der Waals surface area (Å²) in [5, 5.41) is 3.43. The molecule has 2 aromatic heterocycles. The minimum atomic E-state index is -0.443. The van der Waals surface area contributed by atoms with Crippen LogP contribution >= 0.6 is 0 Å². The van der Waals surface area contributed by atoms with Crippen molar-refractivity contribution in [1.82, 2.24) is 24.8 Å². The molecule has 1 aliphatic rings. The van der Waals surface area contributed by atoms with Gasteiger partial charge in [-0.25, -0.2) is 9.78 Å². The van der Waals surface area contributed by atoms with Crippen LogP contribution in [0.25, 0.3) is 10.9 Å². The van der Waals surface area contributed by atoms with Gasteiger partial charge in [-0.3, -0.25) is 14.2 Å². The molecule has 33 heavy (non-hydrogen) atoms. The predicted molar refractivity (Wildman–Crippen MR) is 123 cm³/mol. The summed E-state index contributed by atoms with van der Waals surface area (Å²) in [7, 11) is 1.59. The molecule has 3 heterocycles. The van der Waals surface area contributed by atoms with Gasteiger partial charge in [0.1, 0.15) is 6.10 Å². The first-order valence-electron chi connectivity index (χ1n) is 10.9. The monoisotopic (exact) mass is 449 g/mol. The molecule has 3 aromatic rings. The van der Waals surface area contributed by atoms with Gasteiger partial charge in [-0.2, -0.15) is 4.98 Å². The van der Waals surface area contributed by atoms with E-state index in [1.165, 1.54) is 4.57 Å². The van der Waals surface area contributed by atoms with Crippen LogP contribution in [0.15, 0.2) is 41.2 Å². The van der Waals surface area contributed by atoms with Gasteiger partial charge >= 0.3 is 5.69 Å². The number of aryl methyl sites for hydroxylation is 2. The first-order chi connectivity index (χ1) is 15.9. The van der Waals surface area contributed by atoms with E-state index in [4.69, 9.17) is 9.72 Å². The number of morpholine rings is 1. The average molecular weight is 450 g/mol. The lowest BCUT2D eigenvalue weighted by Crippen LogP contribution is -2.43. The number of hydrogen-bond acceptors (Lipinski definition) is 6. The second-order valence-electron chi connectivity index (χ2n) is 8.11. The Morgan fingerprint density at radius 2 is 1.97 bits per heavy atom. The zero-order chi connectivity index (χ0) is 23.5. The smallest absolute Gasteiger partial charge is 0.347 e. The molecule has 1 saturated heterocycles. The van der Waals surface area contributed by atoms with Crippen molar-refractivity contribution in [3.8, 4) is 0 Å². The van der Waals surface area contributed by atoms with E-state index in [1.54, 1.807) is 24.9 Å². The van der Waals surface area contributed by atoms with Gasteiger partial charge in [0.2, 0.25) is 5.91 Å². The van der Waals surface area contributed by atoms with Crippen molar-refractivity contribution in [3.63, 3.8) is 0 Å². The molecular formula is C24H27N5O4. The number of fused-ring (bicyclic) bond motifs is 1. The van der Waals surface area contributed by atoms with E-state index < -0.39 is 6.10 Å². The van der Waals surface area contributed by atoms with Crippen LogP contribution in [-0.2, 0) is 16.1 Å². The molecule has 1 unspecified atom stereocenters. The second-order valence-corrected chi connectivity index (χ2v) is 8.11. The molecule has 1 aromatic carbocycles. The molecule has 1 atom stereocenters. The fourth-order valence-electron chi connectivity index (χ4n) is 4.15. The number of amides is 2. The number of pyridine rings is 1. The maximum absolute atomic E-state index is 12.9. The van der Waals surface area contributed by atoms with E-state index in [0.717, 1.165) is 11.1 Å². The van der Waals surface area contributed by atoms with Crippen molar-refractivity contribution < 1.29 is 14.3 Å². The van der Waals surface area contributed by atoms with Gasteiger partial charge in [0.15, 0.2) is 0 Å². The average Bonchev–Trinajstić information content (AvgIpc) is 2.82. The molecule has 172 valence electrons. The van der Waals surface area contributed by atoms with E-state index in [-0.39, 0.29) is 30.5 Å². The summed E-state index contributed by atoms with van der Waals surface area (Å²) in [5.74, 6) is -0.270. The van der Waals surface area contributed by atoms with E-state index in [1.807, 2.05) is 37.3 Å². The van der Waals surface area contributed by atoms with Gasteiger partial charge < -0.3 is 15.0 Å². The van der Waals surface area contributed by atoms with Crippen molar-refractivity contribution in [2.24, 2.45) is 0 Å². The number of aromatic nitrogens is 3. The zero-order valence-corrected chi connectivity index (χ0v) is 19.0. The van der Waals surface area contributed by atoms with Crippen LogP contribution in [0.1, 0.15) is 40.0 Å². The topological polar surface area (TPSA) is 106 Å². The van der Waals surface area contributed by atoms with Crippen molar-refractivity contribution in [3.05, 3.63) is 69.5 Å². The standard InChI is InChI=1S/C24H27N5O4/c1-15-12-16(2)29(24(32)26-15)9-8-22(30)28-10-11-33-21(14-28)20-13-18(23(31)25-3)17-6-4-5-7-19(17)27-20/h4-7,12-13,21H,8-11,14H2,1-3H3,(H,25,31). The van der Waals surface area contributed by atoms with Gasteiger partial charge in [-0.1, -0.05) is 18.2 Å². The Kier molecular flexibility index (Phi) is 6.50. The van der Waals surface area contributed by atoms with Crippen LogP contribution in [0.4, 0.5) is 0 Å². The highest BCUT2D eigenvalue weighted by Crippen LogP contribution is 2.26. The number of ether oxygens (including phenoxy) is 1. The van der Waals surface area contributed by atoms with Crippen molar-refractivity contribution in [2.45, 2.75) is 32.9 Å². The fourth-order valence-corrected chi connectivity index (χ4v) is 4.15. The SMILES string of the molecule is CNC(=O)c1cc(C2CN(C(=O)CCn3c(C)cc(C)nc3=O)CCO2)nc2ccccc12. The van der Waals surface area contributed by atoms with Crippen LogP contribution in [-0.4, -0.2) is 58.0 Å². The molecule has 0 saturated carbocycles. The summed E-state index contributed by atoms with van der Waals surface area (Å²) in [6, 6.07) is 11.0. The van der Waals surface area contributed by atoms with Gasteiger partial charge in [0.25, 0.3) is 5.91 Å². The first kappa shape index (κ1) is 22.6. The molecule has 2 amide bonds. The molecule has 0 radical (unpaired) electrons. The summed E-state index contributed by atoms with van der Waals surface area (Å²) < 4.78 is 7.44. The molecule has 0 bridgehead atoms. The summed E-state index contributed by atoms with van der Waals surface area (Å²) in [6.07, 6.45) is -0.256. The van der Waals surface area contributed by atoms with Crippen LogP contribution in [0.5, 0.6) is 0 Å². The molecule has 0 aliphatic carbocycles. The summed E-state index contributed by atoms with van der Waals surface area (Å²) in [4.78, 5) is 47.9. The molecule has 1 aliphatic heterocycles. The number of carbonyl (C=O) groups excluding carboxylic acids is 2. The number of para-hydroxylation sites is 1. The number of nitrogens with zero attached hydrogens (tertiary/aromatic N) is 4. The highest BCUT2D eigenvalue weighted by Gasteiger charge is 2.27. The van der Waals surface area contributed by atoms with Crippen molar-refractivity contribution in [2.75, 3.05) is 26.7 Å². The Morgan fingerprint density at radius 3 is 2.73 bits per heavy atom. The largest absolute Gasteiger partial charge is 0.368 e. The molecule has 4 rings (SSSR count). The fraction of sp³-hybridized carbons (Fsp3) is 0.375. The van der Waals surface area contributed by atoms with Crippen molar-refractivity contribution >= 4 is 22.7 Å². The molecule has 1 fully saturated rings.